The van der Waals surface area contributed by atoms with Crippen molar-refractivity contribution in [3.63, 3.8) is 0 Å². The number of alkyl halides is 1. The van der Waals surface area contributed by atoms with Gasteiger partial charge in [-0.2, -0.15) is 0 Å². The molecule has 4 heteroatoms. The molecule has 1 amide bonds. The highest BCUT2D eigenvalue weighted by Gasteiger charge is 2.33. The lowest BCUT2D eigenvalue weighted by atomic mass is 9.90. The summed E-state index contributed by atoms with van der Waals surface area (Å²) >= 11 is 3.60. The first-order chi connectivity index (χ1) is 8.65. The van der Waals surface area contributed by atoms with Crippen molar-refractivity contribution in [3.05, 3.63) is 29.8 Å². The van der Waals surface area contributed by atoms with Crippen LogP contribution in [-0.2, 0) is 0 Å². The van der Waals surface area contributed by atoms with E-state index in [9.17, 15) is 4.79 Å². The van der Waals surface area contributed by atoms with E-state index in [1.165, 1.54) is 25.7 Å². The summed E-state index contributed by atoms with van der Waals surface area (Å²) in [5.41, 5.74) is 5.99. The fourth-order valence-electron chi connectivity index (χ4n) is 2.39. The molecule has 1 aromatic carbocycles. The minimum atomic E-state index is -0.408. The van der Waals surface area contributed by atoms with Crippen LogP contribution >= 0.6 is 15.9 Å². The second-order valence-corrected chi connectivity index (χ2v) is 5.58. The molecule has 0 saturated heterocycles. The second-order valence-electron chi connectivity index (χ2n) is 5.02. The predicted molar refractivity (Wildman–Crippen MR) is 75.1 cm³/mol. The molecule has 2 N–H and O–H groups in total. The number of nitrogens with two attached hydrogens (primary N) is 1. The average molecular weight is 312 g/mol. The number of hydrogen-bond acceptors (Lipinski definition) is 2. The van der Waals surface area contributed by atoms with Crippen molar-refractivity contribution in [2.75, 3.05) is 11.9 Å². The minimum absolute atomic E-state index is 0.280. The Morgan fingerprint density at radius 2 is 1.89 bits per heavy atom. The van der Waals surface area contributed by atoms with E-state index in [4.69, 9.17) is 10.5 Å². The Bertz CT molecular complexity index is 410. The van der Waals surface area contributed by atoms with Gasteiger partial charge >= 0.3 is 0 Å². The van der Waals surface area contributed by atoms with E-state index in [1.807, 2.05) is 0 Å². The second kappa shape index (κ2) is 5.74. The van der Waals surface area contributed by atoms with Crippen LogP contribution < -0.4 is 10.5 Å². The van der Waals surface area contributed by atoms with Gasteiger partial charge in [-0.05, 0) is 37.1 Å². The van der Waals surface area contributed by atoms with Gasteiger partial charge in [0, 0.05) is 16.3 Å². The summed E-state index contributed by atoms with van der Waals surface area (Å²) in [6.07, 6.45) is 5.01. The molecule has 0 atom stereocenters. The van der Waals surface area contributed by atoms with Gasteiger partial charge in [-0.15, -0.1) is 0 Å². The maximum absolute atomic E-state index is 11.0. The summed E-state index contributed by atoms with van der Waals surface area (Å²) in [7, 11) is 0. The van der Waals surface area contributed by atoms with Crippen molar-refractivity contribution < 1.29 is 9.53 Å². The maximum Gasteiger partial charge on any atom is 0.248 e. The molecule has 0 aliphatic heterocycles. The van der Waals surface area contributed by atoms with E-state index in [0.717, 1.165) is 17.7 Å². The van der Waals surface area contributed by atoms with Gasteiger partial charge in [0.2, 0.25) is 5.91 Å². The number of halogens is 1. The molecule has 1 aliphatic carbocycles. The van der Waals surface area contributed by atoms with Crippen molar-refractivity contribution in [2.24, 2.45) is 11.1 Å². The molecule has 1 aliphatic rings. The van der Waals surface area contributed by atoms with Gasteiger partial charge in [-0.3, -0.25) is 4.79 Å². The minimum Gasteiger partial charge on any atom is -0.493 e. The van der Waals surface area contributed by atoms with Crippen LogP contribution in [0.3, 0.4) is 0 Å². The maximum atomic E-state index is 11.0. The number of amides is 1. The largest absolute Gasteiger partial charge is 0.493 e. The Kier molecular flexibility index (Phi) is 4.27. The van der Waals surface area contributed by atoms with Gasteiger partial charge in [0.15, 0.2) is 0 Å². The highest BCUT2D eigenvalue weighted by molar-refractivity contribution is 9.09. The molecule has 0 bridgehead atoms. The summed E-state index contributed by atoms with van der Waals surface area (Å²) < 4.78 is 5.84. The van der Waals surface area contributed by atoms with Crippen molar-refractivity contribution in [3.8, 4) is 5.75 Å². The molecular formula is C14H18BrNO2. The highest BCUT2D eigenvalue weighted by atomic mass is 79.9. The zero-order chi connectivity index (χ0) is 13.0. The fraction of sp³-hybridized carbons (Fsp3) is 0.500. The topological polar surface area (TPSA) is 52.3 Å². The third-order valence-electron chi connectivity index (χ3n) is 3.63. The number of carbonyl (C=O) groups excluding carboxylic acids is 1. The molecule has 18 heavy (non-hydrogen) atoms. The van der Waals surface area contributed by atoms with Crippen LogP contribution in [0.15, 0.2) is 24.3 Å². The Morgan fingerprint density at radius 1 is 1.28 bits per heavy atom. The zero-order valence-electron chi connectivity index (χ0n) is 10.3. The predicted octanol–water partition coefficient (Wildman–Crippen LogP) is 3.12. The normalized spacial score (nSPS) is 17.6. The third-order valence-corrected chi connectivity index (χ3v) is 4.82. The first-order valence-corrected chi connectivity index (χ1v) is 7.36. The molecule has 0 radical (unpaired) electrons. The van der Waals surface area contributed by atoms with Crippen molar-refractivity contribution in [1.29, 1.82) is 0 Å². The first-order valence-electron chi connectivity index (χ1n) is 6.24. The molecule has 3 nitrogen and oxygen atoms in total. The summed E-state index contributed by atoms with van der Waals surface area (Å²) in [6, 6.07) is 7.01. The van der Waals surface area contributed by atoms with Crippen molar-refractivity contribution >= 4 is 21.8 Å². The number of primary amides is 1. The van der Waals surface area contributed by atoms with E-state index >= 15 is 0 Å². The molecular weight excluding hydrogens is 294 g/mol. The Hall–Kier alpha value is -1.03. The van der Waals surface area contributed by atoms with E-state index in [2.05, 4.69) is 15.9 Å². The molecule has 1 fully saturated rings. The third kappa shape index (κ3) is 3.05. The molecule has 2 rings (SSSR count). The Balaban J connectivity index is 1.95. The molecule has 0 spiro atoms. The summed E-state index contributed by atoms with van der Waals surface area (Å²) in [5.74, 6) is 0.390. The molecule has 0 aromatic heterocycles. The van der Waals surface area contributed by atoms with Crippen LogP contribution in [0.4, 0.5) is 0 Å². The van der Waals surface area contributed by atoms with Crippen LogP contribution in [0.1, 0.15) is 36.0 Å². The lowest BCUT2D eigenvalue weighted by molar-refractivity contribution is 0.1000. The molecule has 1 aromatic rings. The quantitative estimate of drug-likeness (QED) is 0.849. The number of benzene rings is 1. The van der Waals surface area contributed by atoms with Gasteiger partial charge in [-0.25, -0.2) is 0 Å². The molecule has 98 valence electrons. The smallest absolute Gasteiger partial charge is 0.248 e. The number of rotatable bonds is 5. The first kappa shape index (κ1) is 13.4. The molecule has 0 heterocycles. The Morgan fingerprint density at radius 3 is 2.39 bits per heavy atom. The summed E-state index contributed by atoms with van der Waals surface area (Å²) in [4.78, 5) is 11.0. The molecule has 0 unspecified atom stereocenters. The van der Waals surface area contributed by atoms with E-state index in [-0.39, 0.29) is 5.41 Å². The van der Waals surface area contributed by atoms with E-state index in [0.29, 0.717) is 5.56 Å². The summed E-state index contributed by atoms with van der Waals surface area (Å²) in [6.45, 7) is 0.730. The average Bonchev–Trinajstić information content (AvgIpc) is 2.86. The van der Waals surface area contributed by atoms with Gasteiger partial charge in [0.1, 0.15) is 5.75 Å². The van der Waals surface area contributed by atoms with Crippen LogP contribution in [-0.4, -0.2) is 17.8 Å². The standard InChI is InChI=1S/C14H18BrNO2/c15-9-14(7-1-2-8-14)10-18-12-5-3-11(4-6-12)13(16)17/h3-6H,1-2,7-10H2,(H2,16,17). The van der Waals surface area contributed by atoms with Crippen molar-refractivity contribution in [2.45, 2.75) is 25.7 Å². The number of carbonyl (C=O) groups is 1. The molecule has 1 saturated carbocycles. The zero-order valence-corrected chi connectivity index (χ0v) is 11.9. The van der Waals surface area contributed by atoms with Gasteiger partial charge in [0.25, 0.3) is 0 Å². The van der Waals surface area contributed by atoms with Crippen LogP contribution in [0.2, 0.25) is 0 Å². The lowest BCUT2D eigenvalue weighted by Crippen LogP contribution is -2.27. The SMILES string of the molecule is NC(=O)c1ccc(OCC2(CBr)CCCC2)cc1. The number of hydrogen-bond donors (Lipinski definition) is 1. The van der Waals surface area contributed by atoms with Crippen LogP contribution in [0.5, 0.6) is 5.75 Å². The lowest BCUT2D eigenvalue weighted by Gasteiger charge is -2.26. The van der Waals surface area contributed by atoms with Gasteiger partial charge in [0.05, 0.1) is 6.61 Å². The van der Waals surface area contributed by atoms with E-state index < -0.39 is 5.91 Å². The monoisotopic (exact) mass is 311 g/mol. The van der Waals surface area contributed by atoms with Gasteiger partial charge in [-0.1, -0.05) is 28.8 Å². The fourth-order valence-corrected chi connectivity index (χ4v) is 3.12. The van der Waals surface area contributed by atoms with Crippen LogP contribution in [0, 0.1) is 5.41 Å². The Labute approximate surface area is 116 Å². The summed E-state index contributed by atoms with van der Waals surface area (Å²) in [5, 5.41) is 0.985. The highest BCUT2D eigenvalue weighted by Crippen LogP contribution is 2.39. The van der Waals surface area contributed by atoms with E-state index in [1.54, 1.807) is 24.3 Å². The van der Waals surface area contributed by atoms with Crippen molar-refractivity contribution in [1.82, 2.24) is 0 Å². The number of ether oxygens (including phenoxy) is 1. The van der Waals surface area contributed by atoms with Gasteiger partial charge < -0.3 is 10.5 Å². The van der Waals surface area contributed by atoms with Crippen LogP contribution in [0.25, 0.3) is 0 Å².